The van der Waals surface area contributed by atoms with Gasteiger partial charge >= 0.3 is 0 Å². The summed E-state index contributed by atoms with van der Waals surface area (Å²) < 4.78 is 0. The molecule has 0 aromatic heterocycles. The van der Waals surface area contributed by atoms with Crippen molar-refractivity contribution in [2.24, 2.45) is 28.7 Å². The molecule has 0 aromatic carbocycles. The Hall–Kier alpha value is -1.11. The van der Waals surface area contributed by atoms with E-state index < -0.39 is 0 Å². The van der Waals surface area contributed by atoms with Gasteiger partial charge in [0.1, 0.15) is 0 Å². The number of fused-ring (bicyclic) bond motifs is 3. The van der Waals surface area contributed by atoms with Gasteiger partial charge in [0.15, 0.2) is 0 Å². The fourth-order valence-electron chi connectivity index (χ4n) is 2.88. The topological polar surface area (TPSA) is 12.4 Å². The maximum atomic E-state index is 4.38. The van der Waals surface area contributed by atoms with Crippen LogP contribution in [-0.2, 0) is 0 Å². The van der Waals surface area contributed by atoms with Crippen LogP contribution >= 0.6 is 0 Å². The standard InChI is InChI=1S/C13H15N/c1-2-4-12-10(3-1)5-6-11-9-14-8-7-13(11)12/h1-6,9-13H,7-8H2. The molecule has 0 aromatic rings. The summed E-state index contributed by atoms with van der Waals surface area (Å²) in [6.07, 6.45) is 17.2. The second kappa shape index (κ2) is 3.23. The first-order valence-electron chi connectivity index (χ1n) is 5.48. The van der Waals surface area contributed by atoms with Gasteiger partial charge in [-0.3, -0.25) is 4.99 Å². The summed E-state index contributed by atoms with van der Waals surface area (Å²) in [5.74, 6) is 2.76. The van der Waals surface area contributed by atoms with Crippen LogP contribution in [0.2, 0.25) is 0 Å². The van der Waals surface area contributed by atoms with Crippen LogP contribution in [0.3, 0.4) is 0 Å². The fourth-order valence-corrected chi connectivity index (χ4v) is 2.88. The third-order valence-electron chi connectivity index (χ3n) is 3.64. The molecule has 4 unspecified atom stereocenters. The van der Waals surface area contributed by atoms with Crippen molar-refractivity contribution in [1.82, 2.24) is 0 Å². The van der Waals surface area contributed by atoms with Crippen molar-refractivity contribution in [2.75, 3.05) is 6.54 Å². The fraction of sp³-hybridized carbons (Fsp3) is 0.462. The number of allylic oxidation sites excluding steroid dienone is 6. The summed E-state index contributed by atoms with van der Waals surface area (Å²) in [6.45, 7) is 1.02. The molecule has 14 heavy (non-hydrogen) atoms. The highest BCUT2D eigenvalue weighted by atomic mass is 14.7. The molecule has 0 spiro atoms. The largest absolute Gasteiger partial charge is 0.297 e. The summed E-state index contributed by atoms with van der Waals surface area (Å²) in [6, 6.07) is 0. The molecule has 2 aliphatic carbocycles. The second-order valence-electron chi connectivity index (χ2n) is 4.39. The SMILES string of the molecule is C1=CC2C=CC3C=NCCC3C2C=C1. The molecule has 0 amide bonds. The van der Waals surface area contributed by atoms with E-state index >= 15 is 0 Å². The highest BCUT2D eigenvalue weighted by Crippen LogP contribution is 2.40. The Balaban J connectivity index is 1.95. The van der Waals surface area contributed by atoms with Gasteiger partial charge in [0.2, 0.25) is 0 Å². The monoisotopic (exact) mass is 185 g/mol. The highest BCUT2D eigenvalue weighted by molar-refractivity contribution is 5.65. The van der Waals surface area contributed by atoms with Gasteiger partial charge in [-0.1, -0.05) is 36.5 Å². The van der Waals surface area contributed by atoms with E-state index in [1.54, 1.807) is 0 Å². The zero-order valence-corrected chi connectivity index (χ0v) is 8.21. The Morgan fingerprint density at radius 2 is 1.79 bits per heavy atom. The predicted molar refractivity (Wildman–Crippen MR) is 59.4 cm³/mol. The quantitative estimate of drug-likeness (QED) is 0.514. The van der Waals surface area contributed by atoms with Gasteiger partial charge in [-0.2, -0.15) is 0 Å². The molecule has 72 valence electrons. The lowest BCUT2D eigenvalue weighted by Crippen LogP contribution is -2.33. The molecule has 0 saturated heterocycles. The van der Waals surface area contributed by atoms with Crippen molar-refractivity contribution in [2.45, 2.75) is 6.42 Å². The Kier molecular flexibility index (Phi) is 1.90. The minimum Gasteiger partial charge on any atom is -0.297 e. The van der Waals surface area contributed by atoms with Crippen LogP contribution < -0.4 is 0 Å². The molecule has 1 aliphatic heterocycles. The first kappa shape index (κ1) is 8.22. The number of rotatable bonds is 0. The van der Waals surface area contributed by atoms with Gasteiger partial charge in [0.05, 0.1) is 0 Å². The minimum atomic E-state index is 0.598. The second-order valence-corrected chi connectivity index (χ2v) is 4.39. The van der Waals surface area contributed by atoms with E-state index in [1.165, 1.54) is 6.42 Å². The average molecular weight is 185 g/mol. The van der Waals surface area contributed by atoms with Crippen LogP contribution in [0.25, 0.3) is 0 Å². The summed E-state index contributed by atoms with van der Waals surface area (Å²) in [5, 5.41) is 0. The van der Waals surface area contributed by atoms with Crippen LogP contribution in [0.15, 0.2) is 41.4 Å². The maximum Gasteiger partial charge on any atom is 0.0388 e. The van der Waals surface area contributed by atoms with E-state index in [2.05, 4.69) is 47.7 Å². The highest BCUT2D eigenvalue weighted by Gasteiger charge is 2.34. The molecule has 1 heteroatoms. The molecule has 4 atom stereocenters. The smallest absolute Gasteiger partial charge is 0.0388 e. The van der Waals surface area contributed by atoms with Crippen LogP contribution in [0, 0.1) is 23.7 Å². The van der Waals surface area contributed by atoms with Gasteiger partial charge in [0.25, 0.3) is 0 Å². The predicted octanol–water partition coefficient (Wildman–Crippen LogP) is 2.62. The molecular formula is C13H15N. The zero-order chi connectivity index (χ0) is 9.38. The lowest BCUT2D eigenvalue weighted by atomic mass is 9.67. The Morgan fingerprint density at radius 3 is 2.79 bits per heavy atom. The van der Waals surface area contributed by atoms with Crippen molar-refractivity contribution in [3.63, 3.8) is 0 Å². The van der Waals surface area contributed by atoms with Crippen molar-refractivity contribution in [3.05, 3.63) is 36.5 Å². The van der Waals surface area contributed by atoms with E-state index in [0.29, 0.717) is 11.8 Å². The molecule has 0 N–H and O–H groups in total. The number of aliphatic imine (C=N–C) groups is 1. The first-order chi connectivity index (χ1) is 6.95. The third-order valence-corrected chi connectivity index (χ3v) is 3.64. The lowest BCUT2D eigenvalue weighted by Gasteiger charge is -2.38. The number of hydrogen-bond donors (Lipinski definition) is 0. The molecule has 0 saturated carbocycles. The van der Waals surface area contributed by atoms with Crippen molar-refractivity contribution in [1.29, 1.82) is 0 Å². The van der Waals surface area contributed by atoms with Crippen LogP contribution in [-0.4, -0.2) is 12.8 Å². The van der Waals surface area contributed by atoms with Gasteiger partial charge in [-0.15, -0.1) is 0 Å². The molecule has 3 aliphatic rings. The Bertz CT molecular complexity index is 335. The number of nitrogens with zero attached hydrogens (tertiary/aromatic N) is 1. The maximum absolute atomic E-state index is 4.38. The Morgan fingerprint density at radius 1 is 0.929 bits per heavy atom. The van der Waals surface area contributed by atoms with E-state index in [9.17, 15) is 0 Å². The zero-order valence-electron chi connectivity index (χ0n) is 8.21. The van der Waals surface area contributed by atoms with Crippen molar-refractivity contribution < 1.29 is 0 Å². The van der Waals surface area contributed by atoms with E-state index in [4.69, 9.17) is 0 Å². The number of hydrogen-bond acceptors (Lipinski definition) is 1. The van der Waals surface area contributed by atoms with Crippen LogP contribution in [0.4, 0.5) is 0 Å². The molecule has 3 rings (SSSR count). The van der Waals surface area contributed by atoms with Crippen LogP contribution in [0.5, 0.6) is 0 Å². The van der Waals surface area contributed by atoms with Crippen LogP contribution in [0.1, 0.15) is 6.42 Å². The van der Waals surface area contributed by atoms with Gasteiger partial charge < -0.3 is 0 Å². The summed E-state index contributed by atoms with van der Waals surface area (Å²) in [7, 11) is 0. The molecule has 0 fully saturated rings. The molecule has 1 heterocycles. The van der Waals surface area contributed by atoms with E-state index in [0.717, 1.165) is 18.4 Å². The average Bonchev–Trinajstić information content (AvgIpc) is 2.29. The Labute approximate surface area is 84.9 Å². The molecule has 1 nitrogen and oxygen atoms in total. The minimum absolute atomic E-state index is 0.598. The van der Waals surface area contributed by atoms with Gasteiger partial charge in [-0.25, -0.2) is 0 Å². The van der Waals surface area contributed by atoms with Crippen molar-refractivity contribution in [3.8, 4) is 0 Å². The molecule has 0 radical (unpaired) electrons. The van der Waals surface area contributed by atoms with E-state index in [-0.39, 0.29) is 0 Å². The summed E-state index contributed by atoms with van der Waals surface area (Å²) in [4.78, 5) is 4.38. The lowest BCUT2D eigenvalue weighted by molar-refractivity contribution is 0.280. The van der Waals surface area contributed by atoms with Crippen molar-refractivity contribution >= 4 is 6.21 Å². The summed E-state index contributed by atoms with van der Waals surface area (Å²) >= 11 is 0. The first-order valence-corrected chi connectivity index (χ1v) is 5.48. The summed E-state index contributed by atoms with van der Waals surface area (Å²) in [5.41, 5.74) is 0. The third kappa shape index (κ3) is 1.19. The van der Waals surface area contributed by atoms with Gasteiger partial charge in [-0.05, 0) is 18.3 Å². The molecule has 0 bridgehead atoms. The molecular weight excluding hydrogens is 170 g/mol. The van der Waals surface area contributed by atoms with E-state index in [1.807, 2.05) is 0 Å². The normalized spacial score (nSPS) is 43.4. The van der Waals surface area contributed by atoms with Gasteiger partial charge in [0, 0.05) is 24.6 Å².